The SMILES string of the molecule is CC1(C)S[C@@H]2[C@H]([C@H](O)C(=O)c3ccc(NC(=O)OCc4ccccc4)cc3)C(=O)N2[C@H]1C(=O)O. The first-order valence-corrected chi connectivity index (χ1v) is 11.5. The molecular weight excluding hydrogens is 460 g/mol. The van der Waals surface area contributed by atoms with Crippen molar-refractivity contribution in [3.05, 3.63) is 65.7 Å². The molecule has 2 aliphatic heterocycles. The number of carbonyl (C=O) groups excluding carboxylic acids is 3. The summed E-state index contributed by atoms with van der Waals surface area (Å²) in [5, 5.41) is 22.1. The number of hydrogen-bond acceptors (Lipinski definition) is 7. The van der Waals surface area contributed by atoms with Crippen molar-refractivity contribution in [1.29, 1.82) is 0 Å². The summed E-state index contributed by atoms with van der Waals surface area (Å²) in [6, 6.07) is 14.0. The summed E-state index contributed by atoms with van der Waals surface area (Å²) < 4.78 is 4.41. The van der Waals surface area contributed by atoms with Gasteiger partial charge in [0, 0.05) is 16.0 Å². The van der Waals surface area contributed by atoms with E-state index in [1.165, 1.54) is 40.9 Å². The van der Waals surface area contributed by atoms with Gasteiger partial charge in [0.15, 0.2) is 5.78 Å². The van der Waals surface area contributed by atoms with Crippen LogP contribution < -0.4 is 5.32 Å². The highest BCUT2D eigenvalue weighted by atomic mass is 32.2. The van der Waals surface area contributed by atoms with Crippen LogP contribution >= 0.6 is 11.8 Å². The third-order valence-corrected chi connectivity index (χ3v) is 7.55. The molecule has 34 heavy (non-hydrogen) atoms. The van der Waals surface area contributed by atoms with E-state index in [1.54, 1.807) is 13.8 Å². The number of rotatable bonds is 7. The molecule has 2 aliphatic rings. The summed E-state index contributed by atoms with van der Waals surface area (Å²) in [5.41, 5.74) is 1.40. The molecule has 4 atom stereocenters. The van der Waals surface area contributed by atoms with E-state index in [9.17, 15) is 29.4 Å². The fraction of sp³-hybridized carbons (Fsp3) is 0.333. The van der Waals surface area contributed by atoms with Crippen LogP contribution in [0.2, 0.25) is 0 Å². The Morgan fingerprint density at radius 3 is 2.38 bits per heavy atom. The van der Waals surface area contributed by atoms with E-state index < -0.39 is 51.9 Å². The molecule has 10 heteroatoms. The van der Waals surface area contributed by atoms with Crippen molar-refractivity contribution >= 4 is 41.2 Å². The van der Waals surface area contributed by atoms with Crippen LogP contribution in [0.4, 0.5) is 10.5 Å². The van der Waals surface area contributed by atoms with Gasteiger partial charge in [-0.05, 0) is 43.7 Å². The molecule has 2 amide bonds. The van der Waals surface area contributed by atoms with Gasteiger partial charge in [0.25, 0.3) is 0 Å². The quantitative estimate of drug-likeness (QED) is 0.404. The topological polar surface area (TPSA) is 133 Å². The summed E-state index contributed by atoms with van der Waals surface area (Å²) >= 11 is 1.27. The number of aliphatic hydroxyl groups excluding tert-OH is 1. The monoisotopic (exact) mass is 484 g/mol. The number of thioether (sulfide) groups is 1. The number of aliphatic hydroxyl groups is 1. The van der Waals surface area contributed by atoms with Crippen LogP contribution in [0, 0.1) is 5.92 Å². The minimum atomic E-state index is -1.60. The number of anilines is 1. The summed E-state index contributed by atoms with van der Waals surface area (Å²) in [7, 11) is 0. The maximum atomic E-state index is 12.8. The van der Waals surface area contributed by atoms with Crippen molar-refractivity contribution < 1.29 is 34.1 Å². The largest absolute Gasteiger partial charge is 0.480 e. The number of aliphatic carboxylic acids is 1. The average molecular weight is 485 g/mol. The van der Waals surface area contributed by atoms with E-state index in [-0.39, 0.29) is 12.2 Å². The zero-order chi connectivity index (χ0) is 24.6. The predicted octanol–water partition coefficient (Wildman–Crippen LogP) is 2.74. The predicted molar refractivity (Wildman–Crippen MR) is 124 cm³/mol. The number of Topliss-reactive ketones (excluding diaryl/α,β-unsaturated/α-hetero) is 1. The Balaban J connectivity index is 1.36. The summed E-state index contributed by atoms with van der Waals surface area (Å²) in [6.07, 6.45) is -2.25. The van der Waals surface area contributed by atoms with Crippen LogP contribution in [0.5, 0.6) is 0 Å². The van der Waals surface area contributed by atoms with Gasteiger partial charge in [-0.1, -0.05) is 30.3 Å². The summed E-state index contributed by atoms with van der Waals surface area (Å²) in [4.78, 5) is 50.3. The average Bonchev–Trinajstić information content (AvgIpc) is 3.05. The molecule has 0 radical (unpaired) electrons. The Kier molecular flexibility index (Phi) is 6.37. The lowest BCUT2D eigenvalue weighted by Gasteiger charge is -2.45. The Bertz CT molecular complexity index is 1120. The number of carboxylic acids is 1. The van der Waals surface area contributed by atoms with Gasteiger partial charge in [0.2, 0.25) is 5.91 Å². The van der Waals surface area contributed by atoms with Gasteiger partial charge in [0.1, 0.15) is 24.7 Å². The van der Waals surface area contributed by atoms with E-state index in [2.05, 4.69) is 5.32 Å². The molecule has 0 bridgehead atoms. The number of nitrogens with zero attached hydrogens (tertiary/aromatic N) is 1. The number of benzene rings is 2. The van der Waals surface area contributed by atoms with Crippen LogP contribution in [-0.2, 0) is 20.9 Å². The Hall–Kier alpha value is -3.37. The van der Waals surface area contributed by atoms with Crippen molar-refractivity contribution in [1.82, 2.24) is 4.90 Å². The lowest BCUT2D eigenvalue weighted by atomic mass is 9.85. The number of hydrogen-bond donors (Lipinski definition) is 3. The van der Waals surface area contributed by atoms with Gasteiger partial charge in [-0.3, -0.25) is 14.9 Å². The summed E-state index contributed by atoms with van der Waals surface area (Å²) in [5.74, 6) is -3.31. The van der Waals surface area contributed by atoms with Crippen LogP contribution in [0.1, 0.15) is 29.8 Å². The molecule has 2 aromatic carbocycles. The second kappa shape index (κ2) is 9.11. The molecule has 4 rings (SSSR count). The van der Waals surface area contributed by atoms with Crippen molar-refractivity contribution in [2.24, 2.45) is 5.92 Å². The molecule has 9 nitrogen and oxygen atoms in total. The van der Waals surface area contributed by atoms with E-state index >= 15 is 0 Å². The molecule has 2 aromatic rings. The normalized spacial score (nSPS) is 23.4. The van der Waals surface area contributed by atoms with Gasteiger partial charge in [-0.2, -0.15) is 0 Å². The molecular formula is C24H24N2O7S. The number of fused-ring (bicyclic) bond motifs is 1. The maximum absolute atomic E-state index is 12.8. The van der Waals surface area contributed by atoms with Crippen LogP contribution in [-0.4, -0.2) is 61.1 Å². The second-order valence-corrected chi connectivity index (χ2v) is 10.5. The Labute approximate surface area is 200 Å². The molecule has 0 saturated carbocycles. The van der Waals surface area contributed by atoms with E-state index in [0.29, 0.717) is 5.69 Å². The number of carbonyl (C=O) groups is 4. The van der Waals surface area contributed by atoms with Crippen molar-refractivity contribution in [3.63, 3.8) is 0 Å². The number of ether oxygens (including phenoxy) is 1. The number of nitrogens with one attached hydrogen (secondary N) is 1. The highest BCUT2D eigenvalue weighted by Gasteiger charge is 2.66. The third kappa shape index (κ3) is 4.38. The first-order chi connectivity index (χ1) is 16.1. The Morgan fingerprint density at radius 1 is 1.12 bits per heavy atom. The number of β-lactam (4-membered cyclic amide) rings is 1. The van der Waals surface area contributed by atoms with E-state index in [1.807, 2.05) is 30.3 Å². The molecule has 178 valence electrons. The van der Waals surface area contributed by atoms with E-state index in [0.717, 1.165) is 5.56 Å². The van der Waals surface area contributed by atoms with Gasteiger partial charge in [-0.25, -0.2) is 9.59 Å². The highest BCUT2D eigenvalue weighted by Crippen LogP contribution is 2.54. The summed E-state index contributed by atoms with van der Waals surface area (Å²) in [6.45, 7) is 3.56. The number of ketones is 1. The molecule has 0 unspecified atom stereocenters. The lowest BCUT2D eigenvalue weighted by molar-refractivity contribution is -0.167. The standard InChI is InChI=1S/C24H24N2O7S/c1-24(2)19(22(30)31)26-20(29)16(21(26)34-24)18(28)17(27)14-8-10-15(11-9-14)25-23(32)33-12-13-6-4-3-5-7-13/h3-11,16,18-19,21,28H,12H2,1-2H3,(H,25,32)(H,30,31)/t16-,18+,19+,21-/m1/s1. The first kappa shape index (κ1) is 23.8. The maximum Gasteiger partial charge on any atom is 0.411 e. The zero-order valence-electron chi connectivity index (χ0n) is 18.5. The van der Waals surface area contributed by atoms with E-state index in [4.69, 9.17) is 4.74 Å². The van der Waals surface area contributed by atoms with Crippen LogP contribution in [0.15, 0.2) is 54.6 Å². The molecule has 2 heterocycles. The highest BCUT2D eigenvalue weighted by molar-refractivity contribution is 8.01. The smallest absolute Gasteiger partial charge is 0.411 e. The third-order valence-electron chi connectivity index (χ3n) is 5.95. The molecule has 3 N–H and O–H groups in total. The zero-order valence-corrected chi connectivity index (χ0v) is 19.3. The van der Waals surface area contributed by atoms with Gasteiger partial charge in [-0.15, -0.1) is 11.8 Å². The van der Waals surface area contributed by atoms with Gasteiger partial charge < -0.3 is 19.8 Å². The van der Waals surface area contributed by atoms with Crippen molar-refractivity contribution in [2.45, 2.75) is 42.7 Å². The van der Waals surface area contributed by atoms with Crippen molar-refractivity contribution in [2.75, 3.05) is 5.32 Å². The number of amides is 2. The molecule has 0 spiro atoms. The molecule has 0 aromatic heterocycles. The van der Waals surface area contributed by atoms with Crippen LogP contribution in [0.3, 0.4) is 0 Å². The molecule has 2 saturated heterocycles. The Morgan fingerprint density at radius 2 is 1.76 bits per heavy atom. The number of carboxylic acid groups (broad SMARTS) is 1. The molecule has 0 aliphatic carbocycles. The second-order valence-electron chi connectivity index (χ2n) is 8.70. The van der Waals surface area contributed by atoms with Crippen LogP contribution in [0.25, 0.3) is 0 Å². The van der Waals surface area contributed by atoms with Gasteiger partial charge >= 0.3 is 12.1 Å². The van der Waals surface area contributed by atoms with Crippen molar-refractivity contribution in [3.8, 4) is 0 Å². The lowest BCUT2D eigenvalue weighted by Crippen LogP contribution is -2.66. The minimum absolute atomic E-state index is 0.112. The molecule has 2 fully saturated rings. The fourth-order valence-corrected chi connectivity index (χ4v) is 5.98. The van der Waals surface area contributed by atoms with Gasteiger partial charge in [0.05, 0.1) is 5.37 Å². The fourth-order valence-electron chi connectivity index (χ4n) is 4.26. The first-order valence-electron chi connectivity index (χ1n) is 10.6. The minimum Gasteiger partial charge on any atom is -0.480 e.